The van der Waals surface area contributed by atoms with Crippen molar-refractivity contribution in [3.63, 3.8) is 0 Å². The summed E-state index contributed by atoms with van der Waals surface area (Å²) in [5.74, 6) is 0. The first kappa shape index (κ1) is 33.4. The molecule has 1 heteroatoms. The van der Waals surface area contributed by atoms with E-state index in [2.05, 4.69) is 241 Å². The summed E-state index contributed by atoms with van der Waals surface area (Å²) in [6.45, 7) is 0. The number of hydrogen-bond donors (Lipinski definition) is 0. The molecule has 0 aromatic heterocycles. The summed E-state index contributed by atoms with van der Waals surface area (Å²) in [5, 5.41) is 0. The highest BCUT2D eigenvalue weighted by molar-refractivity contribution is 6.01. The molecule has 0 unspecified atom stereocenters. The van der Waals surface area contributed by atoms with Crippen molar-refractivity contribution in [2.45, 2.75) is 5.41 Å². The van der Waals surface area contributed by atoms with Gasteiger partial charge in [-0.3, -0.25) is 0 Å². The summed E-state index contributed by atoms with van der Waals surface area (Å²) >= 11 is 0. The van der Waals surface area contributed by atoms with Crippen LogP contribution in [0.2, 0.25) is 0 Å². The fourth-order valence-electron chi connectivity index (χ4n) is 8.90. The first-order valence-electron chi connectivity index (χ1n) is 19.4. The van der Waals surface area contributed by atoms with Crippen LogP contribution in [0, 0.1) is 0 Å². The van der Waals surface area contributed by atoms with Crippen LogP contribution in [0.5, 0.6) is 0 Å². The Bertz CT molecular complexity index is 2620. The molecule has 9 aromatic rings. The zero-order chi connectivity index (χ0) is 37.3. The lowest BCUT2D eigenvalue weighted by Crippen LogP contribution is -2.30. The average molecular weight is 714 g/mol. The number of anilines is 3. The average Bonchev–Trinajstić information content (AvgIpc) is 3.61. The molecule has 0 saturated carbocycles. The molecule has 0 amide bonds. The Morgan fingerprint density at radius 3 is 1.16 bits per heavy atom. The minimum atomic E-state index is -0.610. The van der Waals surface area contributed by atoms with Gasteiger partial charge in [-0.05, 0) is 91.5 Å². The number of rotatable bonds is 8. The Kier molecular flexibility index (Phi) is 8.46. The maximum Gasteiger partial charge on any atom is 0.0734 e. The molecule has 0 spiro atoms. The first-order chi connectivity index (χ1) is 27.8. The Hall–Kier alpha value is -7.22. The Balaban J connectivity index is 1.30. The monoisotopic (exact) mass is 713 g/mol. The molecule has 1 aliphatic carbocycles. The molecule has 10 rings (SSSR count). The summed E-state index contributed by atoms with van der Waals surface area (Å²) in [6, 6.07) is 86.3. The van der Waals surface area contributed by atoms with E-state index in [9.17, 15) is 0 Å². The zero-order valence-electron chi connectivity index (χ0n) is 31.0. The topological polar surface area (TPSA) is 3.24 Å². The van der Waals surface area contributed by atoms with E-state index >= 15 is 0 Å². The van der Waals surface area contributed by atoms with Crippen LogP contribution in [0.3, 0.4) is 0 Å². The molecule has 56 heavy (non-hydrogen) atoms. The molecule has 1 aliphatic rings. The van der Waals surface area contributed by atoms with Crippen molar-refractivity contribution in [3.05, 3.63) is 259 Å². The third-order valence-electron chi connectivity index (χ3n) is 11.4. The molecule has 1 nitrogen and oxygen atoms in total. The van der Waals surface area contributed by atoms with Gasteiger partial charge >= 0.3 is 0 Å². The van der Waals surface area contributed by atoms with Gasteiger partial charge < -0.3 is 4.90 Å². The van der Waals surface area contributed by atoms with Crippen molar-refractivity contribution in [2.75, 3.05) is 4.90 Å². The molecule has 0 fully saturated rings. The van der Waals surface area contributed by atoms with Crippen LogP contribution in [0.4, 0.5) is 17.1 Å². The van der Waals surface area contributed by atoms with Crippen LogP contribution >= 0.6 is 0 Å². The van der Waals surface area contributed by atoms with Crippen molar-refractivity contribution < 1.29 is 0 Å². The van der Waals surface area contributed by atoms with E-state index in [1.54, 1.807) is 0 Å². The number of fused-ring (bicyclic) bond motifs is 3. The zero-order valence-corrected chi connectivity index (χ0v) is 31.0. The molecular weight excluding hydrogens is 675 g/mol. The lowest BCUT2D eigenvalue weighted by atomic mass is 9.67. The SMILES string of the molecule is c1ccc(-c2ccc(N(c3ccc(-c4ccccc4)cc3)c3ccc(-c4ccccc4)c4c3C(c3ccccc3)(c3ccccc3)c3ccccc3-4)cc2)cc1. The standard InChI is InChI=1S/C55H39N/c1-6-18-40(19-7-1)42-30-34-47(35-31-42)56(48-36-32-43(33-37-48)41-20-8-2-9-21-41)52-39-38-49(44-22-10-3-11-23-44)53-50-28-16-17-29-51(50)55(54(52)53,45-24-12-4-13-25-45)46-26-14-5-15-27-46/h1-39H. The van der Waals surface area contributed by atoms with E-state index in [0.29, 0.717) is 0 Å². The predicted molar refractivity (Wildman–Crippen MR) is 235 cm³/mol. The van der Waals surface area contributed by atoms with Crippen LogP contribution in [-0.4, -0.2) is 0 Å². The molecule has 0 saturated heterocycles. The van der Waals surface area contributed by atoms with Crippen molar-refractivity contribution in [2.24, 2.45) is 0 Å². The summed E-state index contributed by atoms with van der Waals surface area (Å²) in [5.41, 5.74) is 17.5. The summed E-state index contributed by atoms with van der Waals surface area (Å²) in [4.78, 5) is 2.48. The fraction of sp³-hybridized carbons (Fsp3) is 0.0182. The minimum Gasteiger partial charge on any atom is -0.310 e. The highest BCUT2D eigenvalue weighted by Gasteiger charge is 2.49. The van der Waals surface area contributed by atoms with Crippen LogP contribution in [-0.2, 0) is 5.41 Å². The molecule has 0 atom stereocenters. The van der Waals surface area contributed by atoms with E-state index in [4.69, 9.17) is 0 Å². The fourth-order valence-corrected chi connectivity index (χ4v) is 8.90. The number of nitrogens with zero attached hydrogens (tertiary/aromatic N) is 1. The molecule has 9 aromatic carbocycles. The normalized spacial score (nSPS) is 12.4. The first-order valence-corrected chi connectivity index (χ1v) is 19.4. The van der Waals surface area contributed by atoms with Gasteiger partial charge in [-0.25, -0.2) is 0 Å². The van der Waals surface area contributed by atoms with E-state index < -0.39 is 5.41 Å². The van der Waals surface area contributed by atoms with Gasteiger partial charge in [-0.1, -0.05) is 206 Å². The van der Waals surface area contributed by atoms with Crippen molar-refractivity contribution in [1.82, 2.24) is 0 Å². The Morgan fingerprint density at radius 1 is 0.286 bits per heavy atom. The molecule has 264 valence electrons. The lowest BCUT2D eigenvalue weighted by Gasteiger charge is -2.38. The second kappa shape index (κ2) is 14.2. The summed E-state index contributed by atoms with van der Waals surface area (Å²) in [7, 11) is 0. The minimum absolute atomic E-state index is 0.610. The van der Waals surface area contributed by atoms with Gasteiger partial charge in [-0.2, -0.15) is 0 Å². The molecule has 0 heterocycles. The second-order valence-corrected chi connectivity index (χ2v) is 14.4. The van der Waals surface area contributed by atoms with Gasteiger partial charge in [0.15, 0.2) is 0 Å². The third kappa shape index (κ3) is 5.56. The number of benzene rings is 9. The van der Waals surface area contributed by atoms with Crippen molar-refractivity contribution >= 4 is 17.1 Å². The molecule has 0 radical (unpaired) electrons. The number of hydrogen-bond acceptors (Lipinski definition) is 1. The Labute approximate surface area is 329 Å². The van der Waals surface area contributed by atoms with Gasteiger partial charge in [-0.15, -0.1) is 0 Å². The van der Waals surface area contributed by atoms with E-state index in [0.717, 1.165) is 17.1 Å². The van der Waals surface area contributed by atoms with Gasteiger partial charge in [0, 0.05) is 16.9 Å². The van der Waals surface area contributed by atoms with Gasteiger partial charge in [0.25, 0.3) is 0 Å². The smallest absolute Gasteiger partial charge is 0.0734 e. The third-order valence-corrected chi connectivity index (χ3v) is 11.4. The molecular formula is C55H39N. The van der Waals surface area contributed by atoms with Crippen molar-refractivity contribution in [3.8, 4) is 44.5 Å². The van der Waals surface area contributed by atoms with Crippen LogP contribution in [0.25, 0.3) is 44.5 Å². The van der Waals surface area contributed by atoms with E-state index in [-0.39, 0.29) is 0 Å². The molecule has 0 N–H and O–H groups in total. The largest absolute Gasteiger partial charge is 0.310 e. The maximum atomic E-state index is 2.48. The lowest BCUT2D eigenvalue weighted by molar-refractivity contribution is 0.768. The van der Waals surface area contributed by atoms with Crippen LogP contribution < -0.4 is 4.90 Å². The molecule has 0 aliphatic heterocycles. The van der Waals surface area contributed by atoms with Crippen molar-refractivity contribution in [1.29, 1.82) is 0 Å². The molecule has 0 bridgehead atoms. The van der Waals surface area contributed by atoms with E-state index in [1.165, 1.54) is 66.8 Å². The van der Waals surface area contributed by atoms with Crippen LogP contribution in [0.1, 0.15) is 22.3 Å². The highest BCUT2D eigenvalue weighted by atomic mass is 15.1. The highest BCUT2D eigenvalue weighted by Crippen LogP contribution is 2.62. The second-order valence-electron chi connectivity index (χ2n) is 14.4. The van der Waals surface area contributed by atoms with Gasteiger partial charge in [0.05, 0.1) is 11.1 Å². The Morgan fingerprint density at radius 2 is 0.679 bits per heavy atom. The quantitative estimate of drug-likeness (QED) is 0.152. The predicted octanol–water partition coefficient (Wildman–Crippen LogP) is 14.5. The van der Waals surface area contributed by atoms with E-state index in [1.807, 2.05) is 0 Å². The van der Waals surface area contributed by atoms with Gasteiger partial charge in [0.1, 0.15) is 0 Å². The van der Waals surface area contributed by atoms with Gasteiger partial charge in [0.2, 0.25) is 0 Å². The summed E-state index contributed by atoms with van der Waals surface area (Å²) < 4.78 is 0. The summed E-state index contributed by atoms with van der Waals surface area (Å²) in [6.07, 6.45) is 0. The maximum absolute atomic E-state index is 2.48. The van der Waals surface area contributed by atoms with Crippen LogP contribution in [0.15, 0.2) is 237 Å².